The Balaban J connectivity index is 1.67. The second-order valence-electron chi connectivity index (χ2n) is 8.50. The fraction of sp³-hybridized carbons (Fsp3) is 0.435. The molecule has 6 heteroatoms. The zero-order chi connectivity index (χ0) is 20.6. The van der Waals surface area contributed by atoms with Crippen molar-refractivity contribution in [1.29, 1.82) is 0 Å². The quantitative estimate of drug-likeness (QED) is 0.363. The van der Waals surface area contributed by atoms with E-state index >= 15 is 0 Å². The van der Waals surface area contributed by atoms with Gasteiger partial charge in [-0.1, -0.05) is 50.9 Å². The summed E-state index contributed by atoms with van der Waals surface area (Å²) >= 11 is 7.80. The van der Waals surface area contributed by atoms with E-state index in [4.69, 9.17) is 11.6 Å². The van der Waals surface area contributed by atoms with Crippen LogP contribution in [0.5, 0.6) is 0 Å². The van der Waals surface area contributed by atoms with Crippen molar-refractivity contribution in [2.75, 3.05) is 5.43 Å². The third kappa shape index (κ3) is 4.03. The van der Waals surface area contributed by atoms with Gasteiger partial charge < -0.3 is 0 Å². The van der Waals surface area contributed by atoms with Gasteiger partial charge in [0.15, 0.2) is 5.82 Å². The van der Waals surface area contributed by atoms with Gasteiger partial charge in [0.2, 0.25) is 0 Å². The lowest BCUT2D eigenvalue weighted by molar-refractivity contribution is 0.184. The molecular formula is C23H27ClN4S. The summed E-state index contributed by atoms with van der Waals surface area (Å²) in [6, 6.07) is 7.71. The van der Waals surface area contributed by atoms with E-state index in [0.717, 1.165) is 45.2 Å². The molecule has 4 nitrogen and oxygen atoms in total. The number of anilines is 1. The zero-order valence-electron chi connectivity index (χ0n) is 17.4. The largest absolute Gasteiger partial charge is 0.260 e. The number of hydrogen-bond donors (Lipinski definition) is 1. The molecule has 3 aromatic rings. The molecule has 152 valence electrons. The minimum Gasteiger partial charge on any atom is -0.260 e. The highest BCUT2D eigenvalue weighted by molar-refractivity contribution is 7.19. The van der Waals surface area contributed by atoms with Crippen LogP contribution in [0.25, 0.3) is 10.2 Å². The summed E-state index contributed by atoms with van der Waals surface area (Å²) in [5.41, 5.74) is 6.91. The van der Waals surface area contributed by atoms with E-state index in [1.54, 1.807) is 6.33 Å². The summed E-state index contributed by atoms with van der Waals surface area (Å²) < 4.78 is 0. The molecule has 0 radical (unpaired) electrons. The van der Waals surface area contributed by atoms with E-state index < -0.39 is 0 Å². The van der Waals surface area contributed by atoms with Gasteiger partial charge in [-0.3, -0.25) is 5.43 Å². The SMILES string of the molecule is CCC(C)(C)C1CCc2sc3ncnc(N/N=C(\C)c4ccc(Cl)cc4)c3c2C1. The Kier molecular flexibility index (Phi) is 5.63. The number of fused-ring (bicyclic) bond motifs is 3. The first-order valence-electron chi connectivity index (χ1n) is 10.2. The average molecular weight is 427 g/mol. The summed E-state index contributed by atoms with van der Waals surface area (Å²) in [5.74, 6) is 1.49. The van der Waals surface area contributed by atoms with Gasteiger partial charge >= 0.3 is 0 Å². The van der Waals surface area contributed by atoms with E-state index in [9.17, 15) is 0 Å². The van der Waals surface area contributed by atoms with Gasteiger partial charge in [0.1, 0.15) is 11.2 Å². The van der Waals surface area contributed by atoms with Crippen molar-refractivity contribution >= 4 is 44.7 Å². The van der Waals surface area contributed by atoms with Crippen molar-refractivity contribution < 1.29 is 0 Å². The Morgan fingerprint density at radius 3 is 2.76 bits per heavy atom. The number of hydrazone groups is 1. The third-order valence-electron chi connectivity index (χ3n) is 6.45. The third-order valence-corrected chi connectivity index (χ3v) is 7.90. The van der Waals surface area contributed by atoms with Crippen LogP contribution in [0.1, 0.15) is 56.5 Å². The molecular weight excluding hydrogens is 400 g/mol. The van der Waals surface area contributed by atoms with Crippen molar-refractivity contribution in [2.45, 2.75) is 53.4 Å². The lowest BCUT2D eigenvalue weighted by Gasteiger charge is -2.36. The summed E-state index contributed by atoms with van der Waals surface area (Å²) in [6.07, 6.45) is 6.31. The molecule has 1 aliphatic carbocycles. The van der Waals surface area contributed by atoms with E-state index in [1.807, 2.05) is 42.5 Å². The fourth-order valence-electron chi connectivity index (χ4n) is 4.04. The minimum atomic E-state index is 0.346. The monoisotopic (exact) mass is 426 g/mol. The predicted octanol–water partition coefficient (Wildman–Crippen LogP) is 6.72. The molecule has 0 aliphatic heterocycles. The second-order valence-corrected chi connectivity index (χ2v) is 10.0. The second kappa shape index (κ2) is 8.04. The van der Waals surface area contributed by atoms with Crippen molar-refractivity contribution in [3.8, 4) is 0 Å². The Morgan fingerprint density at radius 1 is 1.28 bits per heavy atom. The van der Waals surface area contributed by atoms with Crippen molar-refractivity contribution in [1.82, 2.24) is 9.97 Å². The number of benzene rings is 1. The van der Waals surface area contributed by atoms with Crippen LogP contribution in [0.2, 0.25) is 5.02 Å². The van der Waals surface area contributed by atoms with Gasteiger partial charge in [0.25, 0.3) is 0 Å². The van der Waals surface area contributed by atoms with Gasteiger partial charge in [-0.05, 0) is 60.8 Å². The number of thiophene rings is 1. The Labute approximate surface area is 181 Å². The number of nitrogens with zero attached hydrogens (tertiary/aromatic N) is 3. The highest BCUT2D eigenvalue weighted by Crippen LogP contribution is 2.45. The van der Waals surface area contributed by atoms with E-state index in [2.05, 4.69) is 41.3 Å². The van der Waals surface area contributed by atoms with Crippen LogP contribution in [0.3, 0.4) is 0 Å². The molecule has 0 saturated heterocycles. The van der Waals surface area contributed by atoms with Gasteiger partial charge in [-0.2, -0.15) is 5.10 Å². The summed E-state index contributed by atoms with van der Waals surface area (Å²) in [7, 11) is 0. The molecule has 1 N–H and O–H groups in total. The molecule has 0 saturated carbocycles. The van der Waals surface area contributed by atoms with Crippen LogP contribution in [-0.4, -0.2) is 15.7 Å². The maximum absolute atomic E-state index is 5.99. The minimum absolute atomic E-state index is 0.346. The molecule has 0 fully saturated rings. The Bertz CT molecular complexity index is 1050. The Morgan fingerprint density at radius 2 is 2.03 bits per heavy atom. The predicted molar refractivity (Wildman–Crippen MR) is 124 cm³/mol. The number of aryl methyl sites for hydroxylation is 1. The number of nitrogens with one attached hydrogen (secondary N) is 1. The summed E-state index contributed by atoms with van der Waals surface area (Å²) in [6.45, 7) is 9.07. The molecule has 1 aromatic carbocycles. The average Bonchev–Trinajstić information content (AvgIpc) is 3.11. The molecule has 2 heterocycles. The zero-order valence-corrected chi connectivity index (χ0v) is 19.0. The van der Waals surface area contributed by atoms with Crippen LogP contribution in [0, 0.1) is 11.3 Å². The molecule has 1 unspecified atom stereocenters. The van der Waals surface area contributed by atoms with Gasteiger partial charge in [0.05, 0.1) is 11.1 Å². The van der Waals surface area contributed by atoms with Gasteiger partial charge in [0, 0.05) is 9.90 Å². The van der Waals surface area contributed by atoms with Crippen molar-refractivity contribution in [2.24, 2.45) is 16.4 Å². The van der Waals surface area contributed by atoms with Crippen molar-refractivity contribution in [3.05, 3.63) is 51.6 Å². The first kappa shape index (κ1) is 20.3. The smallest absolute Gasteiger partial charge is 0.158 e. The lowest BCUT2D eigenvalue weighted by Crippen LogP contribution is -2.28. The van der Waals surface area contributed by atoms with Gasteiger partial charge in [-0.15, -0.1) is 11.3 Å². The molecule has 29 heavy (non-hydrogen) atoms. The summed E-state index contributed by atoms with van der Waals surface area (Å²) in [4.78, 5) is 11.6. The standard InChI is InChI=1S/C23H27ClN4S/c1-5-23(3,4)16-8-11-19-18(12-16)20-21(25-13-26-22(20)29-19)28-27-14(2)15-6-9-17(24)10-7-15/h6-7,9-10,13,16H,5,8,11-12H2,1-4H3,(H,25,26,28)/b27-14+. The number of rotatable bonds is 5. The van der Waals surface area contributed by atoms with Crippen LogP contribution in [0.15, 0.2) is 35.7 Å². The number of hydrogen-bond acceptors (Lipinski definition) is 5. The van der Waals surface area contributed by atoms with Crippen LogP contribution in [0.4, 0.5) is 5.82 Å². The topological polar surface area (TPSA) is 50.2 Å². The van der Waals surface area contributed by atoms with Crippen LogP contribution < -0.4 is 5.43 Å². The molecule has 4 rings (SSSR count). The molecule has 0 amide bonds. The molecule has 0 spiro atoms. The highest BCUT2D eigenvalue weighted by Gasteiger charge is 2.33. The first-order chi connectivity index (χ1) is 13.9. The van der Waals surface area contributed by atoms with Gasteiger partial charge in [-0.25, -0.2) is 9.97 Å². The molecule has 1 atom stereocenters. The maximum Gasteiger partial charge on any atom is 0.158 e. The lowest BCUT2D eigenvalue weighted by atomic mass is 9.69. The van der Waals surface area contributed by atoms with E-state index in [0.29, 0.717) is 11.3 Å². The maximum atomic E-state index is 5.99. The number of halogens is 1. The van der Waals surface area contributed by atoms with E-state index in [1.165, 1.54) is 23.3 Å². The Hall–Kier alpha value is -1.98. The van der Waals surface area contributed by atoms with Crippen LogP contribution in [-0.2, 0) is 12.8 Å². The van der Waals surface area contributed by atoms with Crippen LogP contribution >= 0.6 is 22.9 Å². The normalized spacial score (nSPS) is 17.4. The first-order valence-corrected chi connectivity index (χ1v) is 11.4. The fourth-order valence-corrected chi connectivity index (χ4v) is 5.35. The van der Waals surface area contributed by atoms with E-state index in [-0.39, 0.29) is 0 Å². The number of aromatic nitrogens is 2. The highest BCUT2D eigenvalue weighted by atomic mass is 35.5. The summed E-state index contributed by atoms with van der Waals surface area (Å²) in [5, 5.41) is 6.47. The van der Waals surface area contributed by atoms with Crippen molar-refractivity contribution in [3.63, 3.8) is 0 Å². The molecule has 0 bridgehead atoms. The molecule has 1 aliphatic rings. The molecule has 2 aromatic heterocycles.